The fourth-order valence-corrected chi connectivity index (χ4v) is 6.24. The number of ether oxygens (including phenoxy) is 2. The van der Waals surface area contributed by atoms with Crippen LogP contribution >= 0.6 is 0 Å². The van der Waals surface area contributed by atoms with Crippen molar-refractivity contribution in [3.63, 3.8) is 0 Å². The monoisotopic (exact) mass is 565 g/mol. The second kappa shape index (κ2) is 11.1. The van der Waals surface area contributed by atoms with Gasteiger partial charge < -0.3 is 14.6 Å². The van der Waals surface area contributed by atoms with Crippen LogP contribution in [0.3, 0.4) is 0 Å². The second-order valence-electron chi connectivity index (χ2n) is 9.38. The molecular weight excluding hydrogens is 537 g/mol. The van der Waals surface area contributed by atoms with E-state index in [-0.39, 0.29) is 17.5 Å². The third-order valence-electron chi connectivity index (χ3n) is 6.84. The van der Waals surface area contributed by atoms with Gasteiger partial charge in [-0.05, 0) is 42.7 Å². The Morgan fingerprint density at radius 2 is 1.85 bits per heavy atom. The first-order valence-electron chi connectivity index (χ1n) is 12.9. The number of pyridine rings is 1. The average molecular weight is 566 g/mol. The van der Waals surface area contributed by atoms with Crippen molar-refractivity contribution >= 4 is 9.84 Å². The van der Waals surface area contributed by atoms with Gasteiger partial charge in [-0.1, -0.05) is 44.5 Å². The number of hydrogen-bond donors (Lipinski definition) is 1. The molecule has 1 N–H and O–H groups in total. The summed E-state index contributed by atoms with van der Waals surface area (Å²) in [6.07, 6.45) is 4.80. The number of nitrogens with zero attached hydrogens (tertiary/aromatic N) is 3. The van der Waals surface area contributed by atoms with E-state index >= 15 is 0 Å². The van der Waals surface area contributed by atoms with Gasteiger partial charge in [0.05, 0.1) is 17.1 Å². The molecule has 11 heteroatoms. The molecule has 0 spiro atoms. The molecular formula is C29H28FN3O6S. The maximum absolute atomic E-state index is 13.8. The lowest BCUT2D eigenvalue weighted by molar-refractivity contribution is 0.172. The zero-order chi connectivity index (χ0) is 28.4. The van der Waals surface area contributed by atoms with Gasteiger partial charge in [-0.15, -0.1) is 0 Å². The molecule has 40 heavy (non-hydrogen) atoms. The maximum Gasteiger partial charge on any atom is 0.296 e. The summed E-state index contributed by atoms with van der Waals surface area (Å²) in [4.78, 5) is 20.2. The van der Waals surface area contributed by atoms with Crippen LogP contribution in [0.25, 0.3) is 11.1 Å². The molecule has 0 saturated heterocycles. The SMILES string of the molecule is CCCCc1nc(=O)c(S(=O)(=O)c2ccc(-c3cncc(F)c3)cc2)c(O)n1C(CC)c1cccc2c1OCO2. The predicted molar refractivity (Wildman–Crippen MR) is 145 cm³/mol. The summed E-state index contributed by atoms with van der Waals surface area (Å²) in [5.41, 5.74) is 0.633. The van der Waals surface area contributed by atoms with Gasteiger partial charge in [-0.3, -0.25) is 14.3 Å². The fraction of sp³-hybridized carbons (Fsp3) is 0.276. The molecule has 208 valence electrons. The molecule has 0 saturated carbocycles. The van der Waals surface area contributed by atoms with E-state index in [4.69, 9.17) is 9.47 Å². The minimum Gasteiger partial charge on any atom is -0.493 e. The van der Waals surface area contributed by atoms with E-state index in [2.05, 4.69) is 9.97 Å². The third-order valence-corrected chi connectivity index (χ3v) is 8.63. The van der Waals surface area contributed by atoms with E-state index in [1.54, 1.807) is 12.1 Å². The Morgan fingerprint density at radius 3 is 2.55 bits per heavy atom. The highest BCUT2D eigenvalue weighted by molar-refractivity contribution is 7.91. The number of aryl methyl sites for hydroxylation is 1. The smallest absolute Gasteiger partial charge is 0.296 e. The van der Waals surface area contributed by atoms with Crippen LogP contribution in [0.2, 0.25) is 0 Å². The molecule has 2 aromatic heterocycles. The molecule has 0 fully saturated rings. The number of para-hydroxylation sites is 1. The van der Waals surface area contributed by atoms with Crippen LogP contribution in [0, 0.1) is 5.82 Å². The van der Waals surface area contributed by atoms with Crippen LogP contribution in [0.15, 0.2) is 75.5 Å². The highest BCUT2D eigenvalue weighted by Gasteiger charge is 2.33. The molecule has 0 bridgehead atoms. The first kappa shape index (κ1) is 27.3. The number of rotatable bonds is 9. The molecule has 0 amide bonds. The van der Waals surface area contributed by atoms with E-state index in [1.165, 1.54) is 41.1 Å². The molecule has 9 nitrogen and oxygen atoms in total. The van der Waals surface area contributed by atoms with Crippen molar-refractivity contribution in [2.24, 2.45) is 0 Å². The Bertz CT molecular complexity index is 1720. The van der Waals surface area contributed by atoms with Gasteiger partial charge in [0.15, 0.2) is 16.4 Å². The molecule has 1 atom stereocenters. The first-order valence-corrected chi connectivity index (χ1v) is 14.4. The Labute approximate surface area is 230 Å². The molecule has 0 radical (unpaired) electrons. The Balaban J connectivity index is 1.65. The van der Waals surface area contributed by atoms with Gasteiger partial charge in [0.25, 0.3) is 5.56 Å². The average Bonchev–Trinajstić information content (AvgIpc) is 3.43. The molecule has 0 aliphatic carbocycles. The lowest BCUT2D eigenvalue weighted by Gasteiger charge is -2.26. The number of aromatic nitrogens is 3. The summed E-state index contributed by atoms with van der Waals surface area (Å²) in [5.74, 6) is 0.107. The lowest BCUT2D eigenvalue weighted by atomic mass is 10.0. The number of aromatic hydroxyl groups is 1. The van der Waals surface area contributed by atoms with Gasteiger partial charge in [0.2, 0.25) is 22.5 Å². The lowest BCUT2D eigenvalue weighted by Crippen LogP contribution is -2.27. The number of hydrogen-bond acceptors (Lipinski definition) is 8. The van der Waals surface area contributed by atoms with Gasteiger partial charge in [0.1, 0.15) is 11.6 Å². The minimum atomic E-state index is -4.49. The first-order chi connectivity index (χ1) is 19.3. The molecule has 5 rings (SSSR count). The third kappa shape index (κ3) is 4.92. The van der Waals surface area contributed by atoms with Crippen molar-refractivity contribution in [3.8, 4) is 28.5 Å². The van der Waals surface area contributed by atoms with E-state index in [1.807, 2.05) is 19.9 Å². The standard InChI is InChI=1S/C29H28FN3O6S/c1-3-5-9-25-32-28(34)27(29(35)33(25)23(4-2)22-7-6-8-24-26(22)39-17-38-24)40(36,37)21-12-10-18(11-13-21)19-14-20(30)16-31-15-19/h6-8,10-16,23,35H,3-5,9,17H2,1-2H3. The van der Waals surface area contributed by atoms with Crippen molar-refractivity contribution in [2.75, 3.05) is 6.79 Å². The molecule has 1 unspecified atom stereocenters. The van der Waals surface area contributed by atoms with Crippen LogP contribution in [0.4, 0.5) is 4.39 Å². The van der Waals surface area contributed by atoms with Crippen LogP contribution in [-0.4, -0.2) is 34.9 Å². The zero-order valence-corrected chi connectivity index (χ0v) is 22.8. The van der Waals surface area contributed by atoms with Gasteiger partial charge >= 0.3 is 0 Å². The van der Waals surface area contributed by atoms with Crippen LogP contribution in [0.5, 0.6) is 17.4 Å². The largest absolute Gasteiger partial charge is 0.493 e. The van der Waals surface area contributed by atoms with Crippen molar-refractivity contribution in [1.82, 2.24) is 14.5 Å². The number of sulfone groups is 1. The normalized spacial score (nSPS) is 13.4. The Hall–Kier alpha value is -4.25. The van der Waals surface area contributed by atoms with Crippen LogP contribution in [-0.2, 0) is 16.3 Å². The van der Waals surface area contributed by atoms with E-state index < -0.39 is 38.0 Å². The van der Waals surface area contributed by atoms with Gasteiger partial charge in [0, 0.05) is 23.7 Å². The van der Waals surface area contributed by atoms with Gasteiger partial charge in [-0.25, -0.2) is 12.8 Å². The number of fused-ring (bicyclic) bond motifs is 1. The molecule has 1 aliphatic rings. The minimum absolute atomic E-state index is 0.0428. The fourth-order valence-electron chi connectivity index (χ4n) is 4.89. The molecule has 3 heterocycles. The summed E-state index contributed by atoms with van der Waals surface area (Å²) >= 11 is 0. The summed E-state index contributed by atoms with van der Waals surface area (Å²) in [5, 5.41) is 11.5. The van der Waals surface area contributed by atoms with E-state index in [9.17, 15) is 22.7 Å². The summed E-state index contributed by atoms with van der Waals surface area (Å²) in [7, 11) is -4.49. The maximum atomic E-state index is 13.8. The molecule has 1 aliphatic heterocycles. The van der Waals surface area contributed by atoms with Crippen molar-refractivity contribution in [3.05, 3.63) is 88.5 Å². The van der Waals surface area contributed by atoms with Crippen LogP contribution in [0.1, 0.15) is 50.5 Å². The number of benzene rings is 2. The Morgan fingerprint density at radius 1 is 1.07 bits per heavy atom. The summed E-state index contributed by atoms with van der Waals surface area (Å²) < 4.78 is 53.8. The summed E-state index contributed by atoms with van der Waals surface area (Å²) in [6, 6.07) is 11.6. The molecule has 2 aromatic carbocycles. The number of halogens is 1. The van der Waals surface area contributed by atoms with Gasteiger partial charge in [-0.2, -0.15) is 4.98 Å². The topological polar surface area (TPSA) is 121 Å². The highest BCUT2D eigenvalue weighted by Crippen LogP contribution is 2.43. The number of unbranched alkanes of at least 4 members (excludes halogenated alkanes) is 1. The Kier molecular flexibility index (Phi) is 7.57. The van der Waals surface area contributed by atoms with Crippen molar-refractivity contribution in [2.45, 2.75) is 55.4 Å². The predicted octanol–water partition coefficient (Wildman–Crippen LogP) is 5.05. The molecule has 4 aromatic rings. The van der Waals surface area contributed by atoms with E-state index in [0.717, 1.165) is 12.6 Å². The highest BCUT2D eigenvalue weighted by atomic mass is 32.2. The zero-order valence-electron chi connectivity index (χ0n) is 22.0. The second-order valence-corrected chi connectivity index (χ2v) is 11.3. The van der Waals surface area contributed by atoms with Crippen molar-refractivity contribution in [1.29, 1.82) is 0 Å². The van der Waals surface area contributed by atoms with Crippen molar-refractivity contribution < 1.29 is 27.4 Å². The quantitative estimate of drug-likeness (QED) is 0.299. The van der Waals surface area contributed by atoms with E-state index in [0.29, 0.717) is 47.5 Å². The van der Waals surface area contributed by atoms with Crippen LogP contribution < -0.4 is 15.0 Å². The summed E-state index contributed by atoms with van der Waals surface area (Å²) in [6.45, 7) is 3.91.